The largest absolute Gasteiger partial charge is 0.329 e. The number of aromatic nitrogens is 2. The standard InChI is InChI=1S/C15H14FN3/c16-12-5-3-4-11(8-12)13(17)9-19-10-18-14-6-1-2-7-15(14)19/h1-8,10,13H,9,17H2. The van der Waals surface area contributed by atoms with Gasteiger partial charge < -0.3 is 10.3 Å². The Kier molecular flexibility index (Phi) is 3.01. The van der Waals surface area contributed by atoms with Crippen LogP contribution in [0.3, 0.4) is 0 Å². The average molecular weight is 255 g/mol. The van der Waals surface area contributed by atoms with E-state index in [0.717, 1.165) is 16.6 Å². The van der Waals surface area contributed by atoms with Crippen molar-refractivity contribution in [2.24, 2.45) is 5.73 Å². The smallest absolute Gasteiger partial charge is 0.123 e. The highest BCUT2D eigenvalue weighted by Gasteiger charge is 2.09. The fraction of sp³-hybridized carbons (Fsp3) is 0.133. The summed E-state index contributed by atoms with van der Waals surface area (Å²) in [6, 6.07) is 14.0. The predicted octanol–water partition coefficient (Wildman–Crippen LogP) is 2.88. The number of para-hydroxylation sites is 2. The summed E-state index contributed by atoms with van der Waals surface area (Å²) in [4.78, 5) is 4.32. The minimum absolute atomic E-state index is 0.256. The maximum atomic E-state index is 13.2. The van der Waals surface area contributed by atoms with Crippen molar-refractivity contribution in [3.8, 4) is 0 Å². The van der Waals surface area contributed by atoms with Gasteiger partial charge in [-0.15, -0.1) is 0 Å². The fourth-order valence-corrected chi connectivity index (χ4v) is 2.21. The molecule has 1 unspecified atom stereocenters. The SMILES string of the molecule is NC(Cn1cnc2ccccc21)c1cccc(F)c1. The summed E-state index contributed by atoms with van der Waals surface area (Å²) in [5.74, 6) is -0.261. The molecule has 1 heterocycles. The third-order valence-corrected chi connectivity index (χ3v) is 3.20. The second kappa shape index (κ2) is 4.82. The van der Waals surface area contributed by atoms with Gasteiger partial charge in [-0.2, -0.15) is 0 Å². The molecular formula is C15H14FN3. The number of rotatable bonds is 3. The normalized spacial score (nSPS) is 12.7. The molecule has 3 rings (SSSR count). The summed E-state index contributed by atoms with van der Waals surface area (Å²) >= 11 is 0. The van der Waals surface area contributed by atoms with Crippen LogP contribution >= 0.6 is 0 Å². The first-order valence-corrected chi connectivity index (χ1v) is 6.15. The zero-order chi connectivity index (χ0) is 13.2. The van der Waals surface area contributed by atoms with E-state index in [1.165, 1.54) is 12.1 Å². The van der Waals surface area contributed by atoms with Gasteiger partial charge in [0.05, 0.1) is 17.4 Å². The Morgan fingerprint density at radius 1 is 1.16 bits per heavy atom. The Balaban J connectivity index is 1.89. The summed E-state index contributed by atoms with van der Waals surface area (Å²) in [7, 11) is 0. The molecule has 4 heteroatoms. The second-order valence-electron chi connectivity index (χ2n) is 4.55. The molecule has 1 aromatic heterocycles. The monoisotopic (exact) mass is 255 g/mol. The Morgan fingerprint density at radius 3 is 2.84 bits per heavy atom. The Hall–Kier alpha value is -2.20. The summed E-state index contributed by atoms with van der Waals surface area (Å²) in [6.45, 7) is 0.573. The quantitative estimate of drug-likeness (QED) is 0.782. The molecule has 19 heavy (non-hydrogen) atoms. The van der Waals surface area contributed by atoms with Crippen molar-refractivity contribution < 1.29 is 4.39 Å². The van der Waals surface area contributed by atoms with Crippen LogP contribution in [0.2, 0.25) is 0 Å². The molecule has 3 aromatic rings. The number of hydrogen-bond acceptors (Lipinski definition) is 2. The van der Waals surface area contributed by atoms with Gasteiger partial charge in [0.25, 0.3) is 0 Å². The summed E-state index contributed by atoms with van der Waals surface area (Å²) in [5.41, 5.74) is 8.90. The van der Waals surface area contributed by atoms with Crippen molar-refractivity contribution in [2.75, 3.05) is 0 Å². The van der Waals surface area contributed by atoms with E-state index in [4.69, 9.17) is 5.73 Å². The van der Waals surface area contributed by atoms with Gasteiger partial charge in [-0.3, -0.25) is 0 Å². The zero-order valence-corrected chi connectivity index (χ0v) is 10.3. The van der Waals surface area contributed by atoms with Crippen molar-refractivity contribution in [3.05, 3.63) is 66.2 Å². The molecule has 1 atom stereocenters. The van der Waals surface area contributed by atoms with Gasteiger partial charge in [-0.25, -0.2) is 9.37 Å². The molecule has 2 aromatic carbocycles. The lowest BCUT2D eigenvalue weighted by Gasteiger charge is -2.13. The van der Waals surface area contributed by atoms with E-state index < -0.39 is 0 Å². The van der Waals surface area contributed by atoms with Gasteiger partial charge in [0, 0.05) is 12.6 Å². The van der Waals surface area contributed by atoms with Gasteiger partial charge in [-0.1, -0.05) is 24.3 Å². The van der Waals surface area contributed by atoms with Crippen molar-refractivity contribution >= 4 is 11.0 Å². The van der Waals surface area contributed by atoms with Gasteiger partial charge in [0.1, 0.15) is 5.82 Å². The maximum Gasteiger partial charge on any atom is 0.123 e. The molecule has 0 fully saturated rings. The van der Waals surface area contributed by atoms with Crippen LogP contribution in [0.15, 0.2) is 54.9 Å². The molecule has 0 spiro atoms. The van der Waals surface area contributed by atoms with E-state index in [2.05, 4.69) is 4.98 Å². The van der Waals surface area contributed by atoms with Crippen LogP contribution < -0.4 is 5.73 Å². The van der Waals surface area contributed by atoms with E-state index in [1.54, 1.807) is 12.4 Å². The molecule has 0 saturated heterocycles. The van der Waals surface area contributed by atoms with Crippen molar-refractivity contribution in [1.29, 1.82) is 0 Å². The molecule has 0 amide bonds. The molecule has 2 N–H and O–H groups in total. The minimum Gasteiger partial charge on any atom is -0.329 e. The lowest BCUT2D eigenvalue weighted by molar-refractivity contribution is 0.577. The van der Waals surface area contributed by atoms with E-state index in [1.807, 2.05) is 34.9 Å². The van der Waals surface area contributed by atoms with Crippen LogP contribution in [0, 0.1) is 5.82 Å². The van der Waals surface area contributed by atoms with Gasteiger partial charge in [-0.05, 0) is 29.8 Å². The molecule has 0 bridgehead atoms. The number of nitrogens with two attached hydrogens (primary N) is 1. The second-order valence-corrected chi connectivity index (χ2v) is 4.55. The number of fused-ring (bicyclic) bond motifs is 1. The number of imidazole rings is 1. The molecular weight excluding hydrogens is 241 g/mol. The van der Waals surface area contributed by atoms with E-state index in [0.29, 0.717) is 6.54 Å². The Morgan fingerprint density at radius 2 is 2.00 bits per heavy atom. The molecule has 0 aliphatic rings. The van der Waals surface area contributed by atoms with Crippen molar-refractivity contribution in [1.82, 2.24) is 9.55 Å². The lowest BCUT2D eigenvalue weighted by Crippen LogP contribution is -2.17. The third kappa shape index (κ3) is 2.35. The summed E-state index contributed by atoms with van der Waals surface area (Å²) in [6.07, 6.45) is 1.77. The maximum absolute atomic E-state index is 13.2. The topological polar surface area (TPSA) is 43.8 Å². The summed E-state index contributed by atoms with van der Waals surface area (Å²) in [5, 5.41) is 0. The van der Waals surface area contributed by atoms with Crippen LogP contribution in [0.1, 0.15) is 11.6 Å². The first-order chi connectivity index (χ1) is 9.24. The zero-order valence-electron chi connectivity index (χ0n) is 10.3. The van der Waals surface area contributed by atoms with E-state index in [9.17, 15) is 4.39 Å². The molecule has 0 radical (unpaired) electrons. The van der Waals surface area contributed by atoms with E-state index in [-0.39, 0.29) is 11.9 Å². The molecule has 3 nitrogen and oxygen atoms in total. The van der Waals surface area contributed by atoms with Crippen LogP contribution in [-0.2, 0) is 6.54 Å². The fourth-order valence-electron chi connectivity index (χ4n) is 2.21. The molecule has 0 aliphatic carbocycles. The van der Waals surface area contributed by atoms with Gasteiger partial charge in [0.2, 0.25) is 0 Å². The molecule has 96 valence electrons. The number of nitrogens with zero attached hydrogens (tertiary/aromatic N) is 2. The van der Waals surface area contributed by atoms with Crippen LogP contribution in [0.25, 0.3) is 11.0 Å². The van der Waals surface area contributed by atoms with Gasteiger partial charge >= 0.3 is 0 Å². The number of hydrogen-bond donors (Lipinski definition) is 1. The Labute approximate surface area is 110 Å². The number of benzene rings is 2. The predicted molar refractivity (Wildman–Crippen MR) is 73.1 cm³/mol. The lowest BCUT2D eigenvalue weighted by atomic mass is 10.1. The van der Waals surface area contributed by atoms with Crippen LogP contribution in [-0.4, -0.2) is 9.55 Å². The van der Waals surface area contributed by atoms with Crippen LogP contribution in [0.5, 0.6) is 0 Å². The summed E-state index contributed by atoms with van der Waals surface area (Å²) < 4.78 is 15.2. The highest BCUT2D eigenvalue weighted by atomic mass is 19.1. The Bertz CT molecular complexity index is 705. The highest BCUT2D eigenvalue weighted by Crippen LogP contribution is 2.17. The van der Waals surface area contributed by atoms with Crippen molar-refractivity contribution in [2.45, 2.75) is 12.6 Å². The molecule has 0 aliphatic heterocycles. The third-order valence-electron chi connectivity index (χ3n) is 3.20. The first-order valence-electron chi connectivity index (χ1n) is 6.15. The first kappa shape index (κ1) is 11.9. The van der Waals surface area contributed by atoms with Crippen LogP contribution in [0.4, 0.5) is 4.39 Å². The number of halogens is 1. The molecule has 0 saturated carbocycles. The average Bonchev–Trinajstić information content (AvgIpc) is 2.82. The minimum atomic E-state index is -0.261. The van der Waals surface area contributed by atoms with E-state index >= 15 is 0 Å². The highest BCUT2D eigenvalue weighted by molar-refractivity contribution is 5.74. The van der Waals surface area contributed by atoms with Gasteiger partial charge in [0.15, 0.2) is 0 Å². The van der Waals surface area contributed by atoms with Crippen molar-refractivity contribution in [3.63, 3.8) is 0 Å².